The van der Waals surface area contributed by atoms with Gasteiger partial charge in [-0.2, -0.15) is 0 Å². The van der Waals surface area contributed by atoms with Crippen molar-refractivity contribution >= 4 is 44.5 Å². The summed E-state index contributed by atoms with van der Waals surface area (Å²) in [5.74, 6) is -1.20. The van der Waals surface area contributed by atoms with Crippen LogP contribution in [0, 0.1) is 0 Å². The van der Waals surface area contributed by atoms with Gasteiger partial charge in [0.25, 0.3) is 0 Å². The van der Waals surface area contributed by atoms with E-state index < -0.39 is 21.8 Å². The van der Waals surface area contributed by atoms with Crippen molar-refractivity contribution in [1.82, 2.24) is 5.32 Å². The summed E-state index contributed by atoms with van der Waals surface area (Å²) in [6.45, 7) is 1.90. The Morgan fingerprint density at radius 1 is 1.21 bits per heavy atom. The number of amides is 2. The van der Waals surface area contributed by atoms with Gasteiger partial charge in [-0.3, -0.25) is 13.9 Å². The maximum atomic E-state index is 12.7. The molecule has 33 heavy (non-hydrogen) atoms. The zero-order valence-electron chi connectivity index (χ0n) is 18.3. The summed E-state index contributed by atoms with van der Waals surface area (Å²) in [5, 5.41) is 7.34. The number of nitrogens with one attached hydrogen (secondary N) is 2. The van der Waals surface area contributed by atoms with E-state index in [2.05, 4.69) is 10.6 Å². The van der Waals surface area contributed by atoms with Crippen LogP contribution in [0.4, 0.5) is 11.4 Å². The van der Waals surface area contributed by atoms with E-state index in [1.807, 2.05) is 17.5 Å². The van der Waals surface area contributed by atoms with Crippen LogP contribution in [0.2, 0.25) is 0 Å². The highest BCUT2D eigenvalue weighted by atomic mass is 32.2. The van der Waals surface area contributed by atoms with Crippen molar-refractivity contribution in [3.05, 3.63) is 40.6 Å². The number of carbonyl (C=O) groups is 2. The van der Waals surface area contributed by atoms with E-state index in [1.165, 1.54) is 17.5 Å². The topological polar surface area (TPSA) is 114 Å². The van der Waals surface area contributed by atoms with Crippen LogP contribution in [-0.4, -0.2) is 59.4 Å². The molecule has 0 atom stereocenters. The Bertz CT molecular complexity index is 1110. The number of rotatable bonds is 6. The summed E-state index contributed by atoms with van der Waals surface area (Å²) < 4.78 is 36.6. The van der Waals surface area contributed by atoms with Crippen molar-refractivity contribution in [3.8, 4) is 5.75 Å². The molecule has 0 unspecified atom stereocenters. The molecule has 2 saturated heterocycles. The lowest BCUT2D eigenvalue weighted by molar-refractivity contribution is -0.136. The summed E-state index contributed by atoms with van der Waals surface area (Å²) in [6, 6.07) is 8.73. The van der Waals surface area contributed by atoms with Crippen LogP contribution in [0.25, 0.3) is 0 Å². The number of thiophene rings is 1. The van der Waals surface area contributed by atoms with Crippen molar-refractivity contribution in [1.29, 1.82) is 0 Å². The van der Waals surface area contributed by atoms with Crippen molar-refractivity contribution in [2.45, 2.75) is 24.7 Å². The van der Waals surface area contributed by atoms with Gasteiger partial charge in [0.2, 0.25) is 10.0 Å². The van der Waals surface area contributed by atoms with Crippen LogP contribution in [0.1, 0.15) is 24.1 Å². The number of carbonyl (C=O) groups excluding carboxylic acids is 2. The standard InChI is InChI=1S/C22H27N3O6S2/c1-30-18-6-5-16(25-9-3-13-33(25,28)29)14-17(18)24-21(27)20(26)23-15-22(7-10-31-11-8-22)19-4-2-12-32-19/h2,4-6,12,14H,3,7-11,13,15H2,1H3,(H,23,26)(H,24,27). The van der Waals surface area contributed by atoms with E-state index in [0.717, 1.165) is 17.7 Å². The van der Waals surface area contributed by atoms with E-state index in [1.54, 1.807) is 23.5 Å². The fourth-order valence-electron chi connectivity index (χ4n) is 4.24. The molecule has 1 aromatic heterocycles. The van der Waals surface area contributed by atoms with Gasteiger partial charge in [0.15, 0.2) is 0 Å². The van der Waals surface area contributed by atoms with Crippen LogP contribution < -0.4 is 19.7 Å². The highest BCUT2D eigenvalue weighted by Crippen LogP contribution is 2.37. The van der Waals surface area contributed by atoms with Gasteiger partial charge in [-0.25, -0.2) is 8.42 Å². The smallest absolute Gasteiger partial charge is 0.313 e. The van der Waals surface area contributed by atoms with Gasteiger partial charge in [0, 0.05) is 36.6 Å². The second-order valence-corrected chi connectivity index (χ2v) is 11.1. The highest BCUT2D eigenvalue weighted by molar-refractivity contribution is 7.93. The molecule has 0 spiro atoms. The van der Waals surface area contributed by atoms with Crippen molar-refractivity contribution in [2.24, 2.45) is 0 Å². The molecule has 2 amide bonds. The Hall–Kier alpha value is -2.63. The molecule has 0 saturated carbocycles. The van der Waals surface area contributed by atoms with E-state index in [-0.39, 0.29) is 16.9 Å². The van der Waals surface area contributed by atoms with Gasteiger partial charge in [0.05, 0.1) is 24.2 Å². The van der Waals surface area contributed by atoms with Crippen molar-refractivity contribution in [2.75, 3.05) is 48.8 Å². The molecule has 0 aliphatic carbocycles. The van der Waals surface area contributed by atoms with E-state index >= 15 is 0 Å². The molecule has 4 rings (SSSR count). The van der Waals surface area contributed by atoms with Crippen LogP contribution >= 0.6 is 11.3 Å². The zero-order chi connectivity index (χ0) is 23.5. The number of methoxy groups -OCH3 is 1. The van der Waals surface area contributed by atoms with Crippen LogP contribution in [-0.2, 0) is 29.8 Å². The predicted molar refractivity (Wildman–Crippen MR) is 126 cm³/mol. The lowest BCUT2D eigenvalue weighted by atomic mass is 9.78. The monoisotopic (exact) mass is 493 g/mol. The molecular weight excluding hydrogens is 466 g/mol. The lowest BCUT2D eigenvalue weighted by Crippen LogP contribution is -2.46. The largest absolute Gasteiger partial charge is 0.495 e. The van der Waals surface area contributed by atoms with Gasteiger partial charge in [-0.1, -0.05) is 6.07 Å². The molecule has 11 heteroatoms. The third kappa shape index (κ3) is 4.99. The second kappa shape index (κ2) is 9.70. The minimum atomic E-state index is -3.38. The maximum Gasteiger partial charge on any atom is 0.313 e. The molecule has 0 radical (unpaired) electrons. The first-order valence-electron chi connectivity index (χ1n) is 10.7. The van der Waals surface area contributed by atoms with E-state index in [4.69, 9.17) is 9.47 Å². The van der Waals surface area contributed by atoms with Crippen molar-refractivity contribution in [3.63, 3.8) is 0 Å². The maximum absolute atomic E-state index is 12.7. The summed E-state index contributed by atoms with van der Waals surface area (Å²) in [4.78, 5) is 26.5. The summed E-state index contributed by atoms with van der Waals surface area (Å²) >= 11 is 1.63. The molecule has 1 aromatic carbocycles. The molecule has 2 aliphatic heterocycles. The van der Waals surface area contributed by atoms with Crippen LogP contribution in [0.15, 0.2) is 35.7 Å². The summed E-state index contributed by atoms with van der Waals surface area (Å²) in [7, 11) is -1.94. The minimum Gasteiger partial charge on any atom is -0.495 e. The number of sulfonamides is 1. The molecule has 2 aliphatic rings. The summed E-state index contributed by atoms with van der Waals surface area (Å²) in [5.41, 5.74) is 0.392. The molecule has 0 bridgehead atoms. The van der Waals surface area contributed by atoms with E-state index in [0.29, 0.717) is 44.2 Å². The van der Waals surface area contributed by atoms with E-state index in [9.17, 15) is 18.0 Å². The average Bonchev–Trinajstić information content (AvgIpc) is 3.48. The fourth-order valence-corrected chi connectivity index (χ4v) is 6.78. The lowest BCUT2D eigenvalue weighted by Gasteiger charge is -2.36. The minimum absolute atomic E-state index is 0.0835. The van der Waals surface area contributed by atoms with Crippen molar-refractivity contribution < 1.29 is 27.5 Å². The Labute approximate surface area is 197 Å². The first-order valence-corrected chi connectivity index (χ1v) is 13.2. The van der Waals surface area contributed by atoms with Crippen LogP contribution in [0.3, 0.4) is 0 Å². The van der Waals surface area contributed by atoms with Crippen LogP contribution in [0.5, 0.6) is 5.75 Å². The Kier molecular flexibility index (Phi) is 6.91. The van der Waals surface area contributed by atoms with Gasteiger partial charge in [-0.15, -0.1) is 11.3 Å². The highest BCUT2D eigenvalue weighted by Gasteiger charge is 2.36. The number of ether oxygens (including phenoxy) is 2. The number of anilines is 2. The number of hydrogen-bond acceptors (Lipinski definition) is 7. The fraction of sp³-hybridized carbons (Fsp3) is 0.455. The Morgan fingerprint density at radius 2 is 2.00 bits per heavy atom. The molecule has 3 heterocycles. The number of benzene rings is 1. The van der Waals surface area contributed by atoms with Gasteiger partial charge >= 0.3 is 11.8 Å². The molecule has 9 nitrogen and oxygen atoms in total. The Balaban J connectivity index is 1.46. The first-order chi connectivity index (χ1) is 15.8. The van der Waals surface area contributed by atoms with Gasteiger partial charge in [-0.05, 0) is 48.9 Å². The third-order valence-corrected chi connectivity index (χ3v) is 9.09. The number of nitrogens with zero attached hydrogens (tertiary/aromatic N) is 1. The van der Waals surface area contributed by atoms with Gasteiger partial charge < -0.3 is 20.1 Å². The normalized spacial score (nSPS) is 19.1. The molecule has 178 valence electrons. The second-order valence-electron chi connectivity index (χ2n) is 8.13. The molecule has 2 fully saturated rings. The van der Waals surface area contributed by atoms with Gasteiger partial charge in [0.1, 0.15) is 5.75 Å². The average molecular weight is 494 g/mol. The molecule has 2 N–H and O–H groups in total. The SMILES string of the molecule is COc1ccc(N2CCCS2(=O)=O)cc1NC(=O)C(=O)NCC1(c2cccs2)CCOCC1. The zero-order valence-corrected chi connectivity index (χ0v) is 20.0. The quantitative estimate of drug-likeness (QED) is 0.596. The summed E-state index contributed by atoms with van der Waals surface area (Å²) in [6.07, 6.45) is 2.06. The third-order valence-electron chi connectivity index (χ3n) is 6.11. The number of hydrogen-bond donors (Lipinski definition) is 2. The Morgan fingerprint density at radius 3 is 2.64 bits per heavy atom. The molecule has 2 aromatic rings. The first kappa shape index (κ1) is 23.5. The predicted octanol–water partition coefficient (Wildman–Crippen LogP) is 2.10. The molecular formula is C22H27N3O6S2.